The molecule has 2 N–H and O–H groups in total. The highest BCUT2D eigenvalue weighted by Crippen LogP contribution is 2.18. The first-order valence-electron chi connectivity index (χ1n) is 6.20. The van der Waals surface area contributed by atoms with E-state index in [4.69, 9.17) is 0 Å². The van der Waals surface area contributed by atoms with Crippen molar-refractivity contribution in [2.45, 2.75) is 18.2 Å². The monoisotopic (exact) mass is 360 g/mol. The molecule has 0 heterocycles. The maximum Gasteiger partial charge on any atom is 0.243 e. The summed E-state index contributed by atoms with van der Waals surface area (Å²) in [6.45, 7) is 1.23. The Balaban J connectivity index is 2.64. The Hall–Kier alpha value is -1.17. The average Bonchev–Trinajstić information content (AvgIpc) is 2.42. The van der Waals surface area contributed by atoms with E-state index in [2.05, 4.69) is 4.72 Å². The van der Waals surface area contributed by atoms with E-state index in [0.717, 1.165) is 0 Å². The van der Waals surface area contributed by atoms with Gasteiger partial charge in [-0.2, -0.15) is 0 Å². The molecule has 0 atom stereocenters. The minimum atomic E-state index is -4.36. The van der Waals surface area contributed by atoms with Crippen molar-refractivity contribution in [2.24, 2.45) is 0 Å². The normalized spacial score (nSPS) is 12.5. The standard InChI is InChI=1S/C11H15F3N2O4S2/c1-2-21(17,18)15-4-3-5-16-22(19,20)11-7-9(13)8(12)6-10(11)14/h6-7,15-16H,2-5H2,1H3. The van der Waals surface area contributed by atoms with Crippen molar-refractivity contribution in [3.63, 3.8) is 0 Å². The molecule has 0 bridgehead atoms. The molecule has 0 radical (unpaired) electrons. The smallest absolute Gasteiger partial charge is 0.215 e. The van der Waals surface area contributed by atoms with Crippen LogP contribution < -0.4 is 9.44 Å². The molecule has 0 fully saturated rings. The summed E-state index contributed by atoms with van der Waals surface area (Å²) in [5.41, 5.74) is 0. The minimum absolute atomic E-state index is 0.0149. The molecule has 0 aliphatic carbocycles. The summed E-state index contributed by atoms with van der Waals surface area (Å²) in [6, 6.07) is 0.381. The van der Waals surface area contributed by atoms with Crippen molar-refractivity contribution < 1.29 is 30.0 Å². The van der Waals surface area contributed by atoms with Crippen LogP contribution in [0.3, 0.4) is 0 Å². The summed E-state index contributed by atoms with van der Waals surface area (Å²) >= 11 is 0. The van der Waals surface area contributed by atoms with Crippen LogP contribution in [0.5, 0.6) is 0 Å². The fourth-order valence-corrected chi connectivity index (χ4v) is 3.21. The molecular weight excluding hydrogens is 345 g/mol. The molecule has 1 rings (SSSR count). The van der Waals surface area contributed by atoms with E-state index in [-0.39, 0.29) is 37.4 Å². The zero-order valence-corrected chi connectivity index (χ0v) is 13.2. The summed E-state index contributed by atoms with van der Waals surface area (Å²) in [5, 5.41) is 0. The number of hydrogen-bond acceptors (Lipinski definition) is 4. The second-order valence-electron chi connectivity index (χ2n) is 4.25. The van der Waals surface area contributed by atoms with Gasteiger partial charge in [-0.1, -0.05) is 0 Å². The van der Waals surface area contributed by atoms with Crippen LogP contribution in [0.2, 0.25) is 0 Å². The van der Waals surface area contributed by atoms with Gasteiger partial charge in [-0.05, 0) is 19.4 Å². The van der Waals surface area contributed by atoms with Crippen LogP contribution in [-0.2, 0) is 20.0 Å². The van der Waals surface area contributed by atoms with E-state index < -0.39 is 42.4 Å². The van der Waals surface area contributed by atoms with Gasteiger partial charge in [-0.25, -0.2) is 39.5 Å². The van der Waals surface area contributed by atoms with Crippen LogP contribution >= 0.6 is 0 Å². The lowest BCUT2D eigenvalue weighted by Crippen LogP contribution is -2.31. The van der Waals surface area contributed by atoms with Crippen molar-refractivity contribution in [2.75, 3.05) is 18.8 Å². The molecule has 0 saturated carbocycles. The number of hydrogen-bond donors (Lipinski definition) is 2. The van der Waals surface area contributed by atoms with Crippen LogP contribution in [-0.4, -0.2) is 35.7 Å². The van der Waals surface area contributed by atoms with E-state index in [0.29, 0.717) is 0 Å². The summed E-state index contributed by atoms with van der Waals surface area (Å²) < 4.78 is 89.1. The van der Waals surface area contributed by atoms with Crippen molar-refractivity contribution in [3.05, 3.63) is 29.6 Å². The number of sulfonamides is 2. The number of halogens is 3. The van der Waals surface area contributed by atoms with Gasteiger partial charge in [0.05, 0.1) is 5.75 Å². The lowest BCUT2D eigenvalue weighted by atomic mass is 10.3. The van der Waals surface area contributed by atoms with E-state index in [1.165, 1.54) is 6.92 Å². The van der Waals surface area contributed by atoms with Crippen LogP contribution in [0.25, 0.3) is 0 Å². The second-order valence-corrected chi connectivity index (χ2v) is 8.08. The van der Waals surface area contributed by atoms with Gasteiger partial charge in [-0.3, -0.25) is 0 Å². The Morgan fingerprint density at radius 2 is 1.45 bits per heavy atom. The topological polar surface area (TPSA) is 92.3 Å². The quantitative estimate of drug-likeness (QED) is 0.528. The van der Waals surface area contributed by atoms with Crippen LogP contribution in [0.4, 0.5) is 13.2 Å². The fraction of sp³-hybridized carbons (Fsp3) is 0.455. The molecule has 0 saturated heterocycles. The van der Waals surface area contributed by atoms with Gasteiger partial charge in [0.15, 0.2) is 11.6 Å². The van der Waals surface area contributed by atoms with E-state index in [1.54, 1.807) is 0 Å². The number of benzene rings is 1. The van der Waals surface area contributed by atoms with Crippen LogP contribution in [0, 0.1) is 17.5 Å². The lowest BCUT2D eigenvalue weighted by molar-refractivity contribution is 0.481. The van der Waals surface area contributed by atoms with Gasteiger partial charge >= 0.3 is 0 Å². The molecule has 6 nitrogen and oxygen atoms in total. The van der Waals surface area contributed by atoms with Crippen molar-refractivity contribution in [1.82, 2.24) is 9.44 Å². The lowest BCUT2D eigenvalue weighted by Gasteiger charge is -2.08. The van der Waals surface area contributed by atoms with Crippen LogP contribution in [0.1, 0.15) is 13.3 Å². The first-order valence-corrected chi connectivity index (χ1v) is 9.34. The highest BCUT2D eigenvalue weighted by Gasteiger charge is 2.21. The first kappa shape index (κ1) is 18.9. The highest BCUT2D eigenvalue weighted by atomic mass is 32.2. The summed E-state index contributed by atoms with van der Waals surface area (Å²) in [5.74, 6) is -4.51. The zero-order chi connectivity index (χ0) is 17.0. The molecule has 0 spiro atoms. The van der Waals surface area contributed by atoms with E-state index >= 15 is 0 Å². The fourth-order valence-electron chi connectivity index (χ4n) is 1.41. The minimum Gasteiger partial charge on any atom is -0.215 e. The Labute approximate surface area is 126 Å². The van der Waals surface area contributed by atoms with Gasteiger partial charge in [0.1, 0.15) is 10.7 Å². The number of rotatable bonds is 8. The average molecular weight is 360 g/mol. The predicted octanol–water partition coefficient (Wildman–Crippen LogP) is 0.712. The Kier molecular flexibility index (Phi) is 6.35. The second kappa shape index (κ2) is 7.40. The maximum absolute atomic E-state index is 13.4. The molecule has 126 valence electrons. The molecule has 0 unspecified atom stereocenters. The van der Waals surface area contributed by atoms with Crippen molar-refractivity contribution >= 4 is 20.0 Å². The predicted molar refractivity (Wildman–Crippen MR) is 73.6 cm³/mol. The van der Waals surface area contributed by atoms with Crippen LogP contribution in [0.15, 0.2) is 17.0 Å². The molecule has 11 heteroatoms. The third-order valence-electron chi connectivity index (χ3n) is 2.61. The third kappa shape index (κ3) is 5.23. The van der Waals surface area contributed by atoms with Gasteiger partial charge in [0.2, 0.25) is 20.0 Å². The molecular formula is C11H15F3N2O4S2. The van der Waals surface area contributed by atoms with E-state index in [1.807, 2.05) is 4.72 Å². The molecule has 0 aromatic heterocycles. The highest BCUT2D eigenvalue weighted by molar-refractivity contribution is 7.89. The summed E-state index contributed by atoms with van der Waals surface area (Å²) in [4.78, 5) is -1.01. The maximum atomic E-state index is 13.4. The Bertz CT molecular complexity index is 736. The van der Waals surface area contributed by atoms with Gasteiger partial charge < -0.3 is 0 Å². The molecule has 1 aromatic rings. The number of nitrogens with one attached hydrogen (secondary N) is 2. The molecule has 0 amide bonds. The van der Waals surface area contributed by atoms with Gasteiger partial charge in [0.25, 0.3) is 0 Å². The van der Waals surface area contributed by atoms with Crippen molar-refractivity contribution in [1.29, 1.82) is 0 Å². The molecule has 0 aliphatic heterocycles. The summed E-state index contributed by atoms with van der Waals surface area (Å²) in [6.07, 6.45) is 0.101. The first-order chi connectivity index (χ1) is 10.1. The summed E-state index contributed by atoms with van der Waals surface area (Å²) in [7, 11) is -7.74. The van der Waals surface area contributed by atoms with Crippen molar-refractivity contribution in [3.8, 4) is 0 Å². The Morgan fingerprint density at radius 1 is 0.909 bits per heavy atom. The largest absolute Gasteiger partial charge is 0.243 e. The van der Waals surface area contributed by atoms with E-state index in [9.17, 15) is 30.0 Å². The Morgan fingerprint density at radius 3 is 2.05 bits per heavy atom. The third-order valence-corrected chi connectivity index (χ3v) is 5.49. The molecule has 22 heavy (non-hydrogen) atoms. The van der Waals surface area contributed by atoms with Gasteiger partial charge in [0, 0.05) is 19.2 Å². The SMILES string of the molecule is CCS(=O)(=O)NCCCNS(=O)(=O)c1cc(F)c(F)cc1F. The zero-order valence-electron chi connectivity index (χ0n) is 11.6. The molecule has 1 aromatic carbocycles. The van der Waals surface area contributed by atoms with Gasteiger partial charge in [-0.15, -0.1) is 0 Å². The molecule has 0 aliphatic rings.